The number of anilines is 1. The maximum atomic E-state index is 11.4. The number of carbonyl (C=O) groups excluding carboxylic acids is 1. The molecule has 0 aliphatic rings. The molecule has 144 valence electrons. The second-order valence-electron chi connectivity index (χ2n) is 6.67. The number of nitriles is 1. The summed E-state index contributed by atoms with van der Waals surface area (Å²) in [7, 11) is 0. The van der Waals surface area contributed by atoms with E-state index in [-0.39, 0.29) is 0 Å². The number of nitrogens with zero attached hydrogens (tertiary/aromatic N) is 1. The Hall–Kier alpha value is -3.88. The molecule has 29 heavy (non-hydrogen) atoms. The van der Waals surface area contributed by atoms with Gasteiger partial charge in [0.15, 0.2) is 0 Å². The van der Waals surface area contributed by atoms with E-state index in [0.717, 1.165) is 28.0 Å². The van der Waals surface area contributed by atoms with Crippen LogP contribution in [0, 0.1) is 11.3 Å². The van der Waals surface area contributed by atoms with Gasteiger partial charge < -0.3 is 5.32 Å². The van der Waals surface area contributed by atoms with Crippen LogP contribution in [0.25, 0.3) is 17.2 Å². The van der Waals surface area contributed by atoms with Gasteiger partial charge in [0, 0.05) is 17.8 Å². The zero-order valence-corrected chi connectivity index (χ0v) is 16.0. The maximum absolute atomic E-state index is 11.4. The molecule has 5 nitrogen and oxygen atoms in total. The number of hydroxylamine groups is 1. The van der Waals surface area contributed by atoms with Gasteiger partial charge in [-0.15, -0.1) is 0 Å². The summed E-state index contributed by atoms with van der Waals surface area (Å²) in [4.78, 5) is 11.4. The van der Waals surface area contributed by atoms with Crippen LogP contribution in [0.4, 0.5) is 5.69 Å². The lowest BCUT2D eigenvalue weighted by molar-refractivity contribution is 0.0706. The van der Waals surface area contributed by atoms with Crippen LogP contribution in [0.3, 0.4) is 0 Å². The molecule has 0 heterocycles. The molecular formula is C24H21N3O2. The molecule has 0 aromatic heterocycles. The van der Waals surface area contributed by atoms with Crippen molar-refractivity contribution >= 4 is 17.7 Å². The summed E-state index contributed by atoms with van der Waals surface area (Å²) in [5.41, 5.74) is 7.99. The minimum Gasteiger partial charge on any atom is -0.381 e. The number of carbonyl (C=O) groups is 1. The Morgan fingerprint density at radius 1 is 0.966 bits per heavy atom. The van der Waals surface area contributed by atoms with Crippen LogP contribution in [-0.4, -0.2) is 17.7 Å². The van der Waals surface area contributed by atoms with E-state index >= 15 is 0 Å². The van der Waals surface area contributed by atoms with Gasteiger partial charge in [-0.3, -0.25) is 10.0 Å². The monoisotopic (exact) mass is 383 g/mol. The highest BCUT2D eigenvalue weighted by Crippen LogP contribution is 2.22. The van der Waals surface area contributed by atoms with Crippen LogP contribution in [0.15, 0.2) is 78.4 Å². The third kappa shape index (κ3) is 5.32. The van der Waals surface area contributed by atoms with E-state index in [1.54, 1.807) is 17.6 Å². The molecule has 0 fully saturated rings. The Labute approximate surface area is 169 Å². The zero-order chi connectivity index (χ0) is 20.6. The summed E-state index contributed by atoms with van der Waals surface area (Å²) in [6.07, 6.45) is 2.04. The van der Waals surface area contributed by atoms with Crippen molar-refractivity contribution in [2.24, 2.45) is 0 Å². The fraction of sp³-hybridized carbons (Fsp3) is 0.0833. The smallest absolute Gasteiger partial charge is 0.274 e. The van der Waals surface area contributed by atoms with Gasteiger partial charge in [-0.05, 0) is 60.0 Å². The van der Waals surface area contributed by atoms with Gasteiger partial charge in [0.1, 0.15) is 0 Å². The van der Waals surface area contributed by atoms with E-state index in [9.17, 15) is 4.79 Å². The first-order valence-corrected chi connectivity index (χ1v) is 9.15. The standard InChI is InChI=1S/C24H21N3O2/c1-17(14-18-2-8-22(9-3-18)24(28)27-29)16-26-23-12-10-21(11-13-23)20-6-4-19(15-25)5-7-20/h2-14,26,29H,16H2,1H3,(H,27,28). The van der Waals surface area contributed by atoms with Crippen LogP contribution in [0.5, 0.6) is 0 Å². The Morgan fingerprint density at radius 3 is 2.10 bits per heavy atom. The topological polar surface area (TPSA) is 85.2 Å². The molecule has 5 heteroatoms. The number of rotatable bonds is 6. The lowest BCUT2D eigenvalue weighted by Gasteiger charge is -2.09. The first kappa shape index (κ1) is 19.9. The van der Waals surface area contributed by atoms with Crippen molar-refractivity contribution in [2.75, 3.05) is 11.9 Å². The molecule has 0 radical (unpaired) electrons. The predicted octanol–water partition coefficient (Wildman–Crippen LogP) is 4.86. The van der Waals surface area contributed by atoms with Crippen molar-refractivity contribution in [3.63, 3.8) is 0 Å². The van der Waals surface area contributed by atoms with Gasteiger partial charge in [0.2, 0.25) is 0 Å². The maximum Gasteiger partial charge on any atom is 0.274 e. The first-order valence-electron chi connectivity index (χ1n) is 9.15. The fourth-order valence-corrected chi connectivity index (χ4v) is 2.89. The Balaban J connectivity index is 1.59. The van der Waals surface area contributed by atoms with Crippen LogP contribution < -0.4 is 10.8 Å². The second kappa shape index (κ2) is 9.36. The van der Waals surface area contributed by atoms with Gasteiger partial charge in [-0.2, -0.15) is 5.26 Å². The summed E-state index contributed by atoms with van der Waals surface area (Å²) in [6.45, 7) is 2.72. The minimum atomic E-state index is -0.525. The zero-order valence-electron chi connectivity index (χ0n) is 16.0. The normalized spacial score (nSPS) is 10.9. The third-order valence-electron chi connectivity index (χ3n) is 4.49. The number of hydrogen-bond donors (Lipinski definition) is 3. The van der Waals surface area contributed by atoms with E-state index in [0.29, 0.717) is 17.7 Å². The molecule has 0 spiro atoms. The second-order valence-corrected chi connectivity index (χ2v) is 6.67. The molecule has 3 aromatic carbocycles. The minimum absolute atomic E-state index is 0.405. The quantitative estimate of drug-likeness (QED) is 0.419. The lowest BCUT2D eigenvalue weighted by atomic mass is 10.0. The summed E-state index contributed by atoms with van der Waals surface area (Å²) >= 11 is 0. The van der Waals surface area contributed by atoms with Gasteiger partial charge >= 0.3 is 0 Å². The Bertz CT molecular complexity index is 1050. The number of amides is 1. The fourth-order valence-electron chi connectivity index (χ4n) is 2.89. The van der Waals surface area contributed by atoms with E-state index < -0.39 is 5.91 Å². The van der Waals surface area contributed by atoms with E-state index in [4.69, 9.17) is 10.5 Å². The predicted molar refractivity (Wildman–Crippen MR) is 114 cm³/mol. The molecule has 3 rings (SSSR count). The molecule has 3 N–H and O–H groups in total. The molecule has 0 saturated carbocycles. The van der Waals surface area contributed by atoms with Gasteiger partial charge in [0.25, 0.3) is 5.91 Å². The van der Waals surface area contributed by atoms with Crippen molar-refractivity contribution in [1.82, 2.24) is 5.48 Å². The van der Waals surface area contributed by atoms with Crippen LogP contribution in [0.1, 0.15) is 28.4 Å². The van der Waals surface area contributed by atoms with E-state index in [1.165, 1.54) is 0 Å². The largest absolute Gasteiger partial charge is 0.381 e. The summed E-state index contributed by atoms with van der Waals surface area (Å²) in [5, 5.41) is 20.9. The van der Waals surface area contributed by atoms with Crippen molar-refractivity contribution in [1.29, 1.82) is 5.26 Å². The van der Waals surface area contributed by atoms with Gasteiger partial charge in [-0.25, -0.2) is 5.48 Å². The average Bonchev–Trinajstić information content (AvgIpc) is 2.78. The molecule has 0 aliphatic carbocycles. The highest BCUT2D eigenvalue weighted by molar-refractivity contribution is 5.93. The number of nitrogens with one attached hydrogen (secondary N) is 2. The molecule has 0 unspecified atom stereocenters. The first-order chi connectivity index (χ1) is 14.1. The van der Waals surface area contributed by atoms with Crippen molar-refractivity contribution in [2.45, 2.75) is 6.92 Å². The van der Waals surface area contributed by atoms with Crippen molar-refractivity contribution in [3.05, 3.63) is 95.1 Å². The molecular weight excluding hydrogens is 362 g/mol. The van der Waals surface area contributed by atoms with Crippen LogP contribution in [0.2, 0.25) is 0 Å². The third-order valence-corrected chi connectivity index (χ3v) is 4.49. The van der Waals surface area contributed by atoms with Crippen LogP contribution >= 0.6 is 0 Å². The van der Waals surface area contributed by atoms with E-state index in [1.807, 2.05) is 73.7 Å². The molecule has 0 aliphatic heterocycles. The highest BCUT2D eigenvalue weighted by Gasteiger charge is 2.03. The highest BCUT2D eigenvalue weighted by atomic mass is 16.5. The molecule has 0 atom stereocenters. The average molecular weight is 383 g/mol. The van der Waals surface area contributed by atoms with Crippen molar-refractivity contribution < 1.29 is 10.0 Å². The van der Waals surface area contributed by atoms with Gasteiger partial charge in [0.05, 0.1) is 11.6 Å². The van der Waals surface area contributed by atoms with Crippen molar-refractivity contribution in [3.8, 4) is 17.2 Å². The Kier molecular flexibility index (Phi) is 6.41. The van der Waals surface area contributed by atoms with E-state index in [2.05, 4.69) is 11.4 Å². The Morgan fingerprint density at radius 2 is 1.55 bits per heavy atom. The summed E-state index contributed by atoms with van der Waals surface area (Å²) in [6, 6.07) is 24.8. The summed E-state index contributed by atoms with van der Waals surface area (Å²) < 4.78 is 0. The molecule has 0 bridgehead atoms. The SMILES string of the molecule is CC(=Cc1ccc(C(=O)NO)cc1)CNc1ccc(-c2ccc(C#N)cc2)cc1. The number of benzene rings is 3. The molecule has 0 saturated heterocycles. The number of hydrogen-bond acceptors (Lipinski definition) is 4. The molecule has 1 amide bonds. The van der Waals surface area contributed by atoms with Crippen LogP contribution in [-0.2, 0) is 0 Å². The summed E-state index contributed by atoms with van der Waals surface area (Å²) in [5.74, 6) is -0.525. The lowest BCUT2D eigenvalue weighted by Crippen LogP contribution is -2.18. The van der Waals surface area contributed by atoms with Gasteiger partial charge in [-0.1, -0.05) is 48.0 Å². The molecule has 3 aromatic rings.